The van der Waals surface area contributed by atoms with Crippen LogP contribution in [0.25, 0.3) is 11.1 Å². The van der Waals surface area contributed by atoms with E-state index in [9.17, 15) is 4.79 Å². The maximum atomic E-state index is 14.3. The number of carbonyl (C=O) groups is 1. The highest BCUT2D eigenvalue weighted by Crippen LogP contribution is 2.54. The van der Waals surface area contributed by atoms with E-state index >= 15 is 0 Å². The van der Waals surface area contributed by atoms with Gasteiger partial charge in [0.15, 0.2) is 5.60 Å². The van der Waals surface area contributed by atoms with Gasteiger partial charge in [0.2, 0.25) is 0 Å². The van der Waals surface area contributed by atoms with Crippen molar-refractivity contribution in [2.75, 3.05) is 36.0 Å². The maximum Gasteiger partial charge on any atom is 0.341 e. The number of cyclic esters (lactones) is 1. The standard InChI is InChI=1S/C50H48Cl4N2O4/c1-31(2)58-39-21-13-35(14-22-39)41(33-9-17-37(18-10-33)55-25-5-6-26-55)29-50(44-43(49(57)60-50)45(51)47(53)48(54)46(44)52)30-42(36-15-23-40(24-16-36)59-32(3)4)34-11-19-38(20-12-34)56-27-7-8-28-56/h9-24,29-32H,5-8,25-28H2,1-4H3/b41-29-,42-30-. The Morgan fingerprint density at radius 1 is 0.550 bits per heavy atom. The fourth-order valence-electron chi connectivity index (χ4n) is 8.41. The lowest BCUT2D eigenvalue weighted by atomic mass is 9.83. The van der Waals surface area contributed by atoms with E-state index in [0.29, 0.717) is 5.56 Å². The number of nitrogens with zero attached hydrogens (tertiary/aromatic N) is 2. The molecule has 310 valence electrons. The normalized spacial score (nSPS) is 16.5. The second-order valence-electron chi connectivity index (χ2n) is 16.2. The molecule has 3 aliphatic heterocycles. The topological polar surface area (TPSA) is 51.2 Å². The van der Waals surface area contributed by atoms with Gasteiger partial charge in [-0.15, -0.1) is 0 Å². The van der Waals surface area contributed by atoms with E-state index < -0.39 is 11.6 Å². The second-order valence-corrected chi connectivity index (χ2v) is 17.7. The predicted molar refractivity (Wildman–Crippen MR) is 248 cm³/mol. The summed E-state index contributed by atoms with van der Waals surface area (Å²) >= 11 is 27.6. The minimum absolute atomic E-state index is 0.00380. The monoisotopic (exact) mass is 880 g/mol. The molecular weight excluding hydrogens is 834 g/mol. The molecule has 2 saturated heterocycles. The summed E-state index contributed by atoms with van der Waals surface area (Å²) in [4.78, 5) is 19.1. The Kier molecular flexibility index (Phi) is 12.5. The van der Waals surface area contributed by atoms with Crippen molar-refractivity contribution in [2.45, 2.75) is 71.2 Å². The number of halogens is 4. The highest BCUT2D eigenvalue weighted by molar-refractivity contribution is 6.53. The lowest BCUT2D eigenvalue weighted by Gasteiger charge is -2.28. The van der Waals surface area contributed by atoms with E-state index in [4.69, 9.17) is 60.6 Å². The van der Waals surface area contributed by atoms with E-state index in [0.717, 1.165) is 82.5 Å². The van der Waals surface area contributed by atoms with E-state index in [1.807, 2.05) is 88.4 Å². The Bertz CT molecular complexity index is 2290. The van der Waals surface area contributed by atoms with Crippen molar-refractivity contribution in [3.8, 4) is 11.5 Å². The molecular formula is C50H48Cl4N2O4. The summed E-state index contributed by atoms with van der Waals surface area (Å²) in [6.45, 7) is 12.1. The highest BCUT2D eigenvalue weighted by Gasteiger charge is 2.48. The number of benzene rings is 5. The molecule has 0 aliphatic carbocycles. The fraction of sp³-hybridized carbons (Fsp3) is 0.300. The number of rotatable bonds is 12. The van der Waals surface area contributed by atoms with Crippen LogP contribution in [-0.4, -0.2) is 44.4 Å². The van der Waals surface area contributed by atoms with Gasteiger partial charge in [0.1, 0.15) is 11.5 Å². The Balaban J connectivity index is 1.39. The summed E-state index contributed by atoms with van der Waals surface area (Å²) in [5.74, 6) is 0.813. The van der Waals surface area contributed by atoms with Gasteiger partial charge < -0.3 is 24.0 Å². The molecule has 6 nitrogen and oxygen atoms in total. The van der Waals surface area contributed by atoms with Crippen molar-refractivity contribution >= 4 is 74.9 Å². The van der Waals surface area contributed by atoms with Crippen LogP contribution in [0.3, 0.4) is 0 Å². The van der Waals surface area contributed by atoms with Crippen molar-refractivity contribution in [3.05, 3.63) is 163 Å². The molecule has 0 bridgehead atoms. The van der Waals surface area contributed by atoms with Crippen molar-refractivity contribution in [3.63, 3.8) is 0 Å². The first-order valence-electron chi connectivity index (χ1n) is 20.7. The van der Waals surface area contributed by atoms with Gasteiger partial charge in [0.05, 0.1) is 37.9 Å². The highest BCUT2D eigenvalue weighted by atomic mass is 35.5. The van der Waals surface area contributed by atoms with E-state index in [1.54, 1.807) is 0 Å². The van der Waals surface area contributed by atoms with Crippen molar-refractivity contribution in [1.82, 2.24) is 0 Å². The van der Waals surface area contributed by atoms with E-state index in [1.165, 1.54) is 25.7 Å². The molecule has 0 N–H and O–H groups in total. The van der Waals surface area contributed by atoms with Crippen LogP contribution in [0.2, 0.25) is 20.1 Å². The molecule has 10 heteroatoms. The summed E-state index contributed by atoms with van der Waals surface area (Å²) < 4.78 is 18.7. The molecule has 60 heavy (non-hydrogen) atoms. The van der Waals surface area contributed by atoms with Crippen LogP contribution in [0.15, 0.2) is 109 Å². The number of esters is 1. The first kappa shape index (κ1) is 42.1. The first-order valence-corrected chi connectivity index (χ1v) is 22.2. The molecule has 0 spiro atoms. The van der Waals surface area contributed by atoms with E-state index in [-0.39, 0.29) is 37.9 Å². The van der Waals surface area contributed by atoms with Gasteiger partial charge >= 0.3 is 5.97 Å². The molecule has 8 rings (SSSR count). The van der Waals surface area contributed by atoms with Gasteiger partial charge in [0, 0.05) is 43.1 Å². The molecule has 0 aromatic heterocycles. The Labute approximate surface area is 373 Å². The average Bonchev–Trinajstić information content (AvgIpc) is 4.04. The third-order valence-corrected chi connectivity index (χ3v) is 13.0. The molecule has 5 aromatic carbocycles. The van der Waals surface area contributed by atoms with Crippen molar-refractivity contribution in [2.24, 2.45) is 0 Å². The van der Waals surface area contributed by atoms with Crippen LogP contribution in [0.4, 0.5) is 11.4 Å². The van der Waals surface area contributed by atoms with Gasteiger partial charge in [0.25, 0.3) is 0 Å². The molecule has 3 heterocycles. The zero-order valence-electron chi connectivity index (χ0n) is 34.2. The van der Waals surface area contributed by atoms with Gasteiger partial charge in [-0.3, -0.25) is 0 Å². The Morgan fingerprint density at radius 2 is 0.900 bits per heavy atom. The number of anilines is 2. The maximum absolute atomic E-state index is 14.3. The lowest BCUT2D eigenvalue weighted by Crippen LogP contribution is -2.23. The lowest BCUT2D eigenvalue weighted by molar-refractivity contribution is 0.0300. The average molecular weight is 883 g/mol. The summed E-state index contributed by atoms with van der Waals surface area (Å²) in [5, 5.41) is 0.0751. The summed E-state index contributed by atoms with van der Waals surface area (Å²) in [6.07, 6.45) is 8.61. The zero-order valence-corrected chi connectivity index (χ0v) is 37.3. The molecule has 3 aliphatic rings. The van der Waals surface area contributed by atoms with Crippen LogP contribution in [0.1, 0.15) is 91.6 Å². The predicted octanol–water partition coefficient (Wildman–Crippen LogP) is 13.7. The minimum Gasteiger partial charge on any atom is -0.491 e. The van der Waals surface area contributed by atoms with Crippen molar-refractivity contribution < 1.29 is 19.0 Å². The Morgan fingerprint density at radius 3 is 1.27 bits per heavy atom. The number of ether oxygens (including phenoxy) is 3. The van der Waals surface area contributed by atoms with Crippen LogP contribution in [-0.2, 0) is 10.3 Å². The fourth-order valence-corrected chi connectivity index (χ4v) is 9.49. The van der Waals surface area contributed by atoms with E-state index in [2.05, 4.69) is 58.3 Å². The molecule has 0 saturated carbocycles. The number of hydrogen-bond donors (Lipinski definition) is 0. The number of fused-ring (bicyclic) bond motifs is 1. The smallest absolute Gasteiger partial charge is 0.341 e. The molecule has 0 amide bonds. The Hall–Kier alpha value is -4.59. The quantitative estimate of drug-likeness (QED) is 0.0707. The number of carbonyl (C=O) groups excluding carboxylic acids is 1. The summed E-state index contributed by atoms with van der Waals surface area (Å²) in [5.41, 5.74) is 6.18. The first-order chi connectivity index (χ1) is 28.9. The third kappa shape index (κ3) is 8.63. The molecule has 2 fully saturated rings. The number of hydrogen-bond acceptors (Lipinski definition) is 6. The van der Waals surface area contributed by atoms with Crippen LogP contribution in [0, 0.1) is 0 Å². The molecule has 0 atom stereocenters. The van der Waals surface area contributed by atoms with Gasteiger partial charge in [-0.1, -0.05) is 94.9 Å². The second kappa shape index (κ2) is 17.8. The van der Waals surface area contributed by atoms with Crippen LogP contribution < -0.4 is 19.3 Å². The third-order valence-electron chi connectivity index (χ3n) is 11.2. The van der Waals surface area contributed by atoms with Gasteiger partial charge in [-0.25, -0.2) is 4.79 Å². The molecule has 0 unspecified atom stereocenters. The molecule has 5 aromatic rings. The zero-order chi connectivity index (χ0) is 42.1. The van der Waals surface area contributed by atoms with Crippen LogP contribution >= 0.6 is 46.4 Å². The summed E-state index contributed by atoms with van der Waals surface area (Å²) in [7, 11) is 0. The molecule has 0 radical (unpaired) electrons. The van der Waals surface area contributed by atoms with Crippen molar-refractivity contribution in [1.29, 1.82) is 0 Å². The largest absolute Gasteiger partial charge is 0.491 e. The summed E-state index contributed by atoms with van der Waals surface area (Å²) in [6, 6.07) is 32.9. The van der Waals surface area contributed by atoms with Gasteiger partial charge in [-0.2, -0.15) is 0 Å². The van der Waals surface area contributed by atoms with Gasteiger partial charge in [-0.05, 0) is 147 Å². The van der Waals surface area contributed by atoms with Crippen LogP contribution in [0.5, 0.6) is 11.5 Å². The SMILES string of the molecule is CC(C)Oc1ccc(/C(=C\C2(/C=C(\c3ccc(OC(C)C)cc3)c3ccc(N4CCCC4)cc3)OC(=O)c3c(Cl)c(Cl)c(Cl)c(Cl)c32)c2ccc(N3CCCC3)cc2)cc1. The minimum atomic E-state index is -1.63.